The molecule has 1 aromatic heterocycles. The summed E-state index contributed by atoms with van der Waals surface area (Å²) in [6, 6.07) is 12.7. The second kappa shape index (κ2) is 10.3. The van der Waals surface area contributed by atoms with Gasteiger partial charge in [-0.05, 0) is 61.7 Å². The lowest BCUT2D eigenvalue weighted by atomic mass is 10.1. The summed E-state index contributed by atoms with van der Waals surface area (Å²) in [6.07, 6.45) is 4.11. The van der Waals surface area contributed by atoms with Crippen LogP contribution >= 0.6 is 0 Å². The number of ether oxygens (including phenoxy) is 1. The van der Waals surface area contributed by atoms with E-state index in [2.05, 4.69) is 51.9 Å². The number of fused-ring (bicyclic) bond motifs is 1. The number of aromatic amines is 1. The number of aryl methyl sites for hydroxylation is 1. The van der Waals surface area contributed by atoms with Gasteiger partial charge < -0.3 is 20.4 Å². The van der Waals surface area contributed by atoms with E-state index in [9.17, 15) is 8.42 Å². The van der Waals surface area contributed by atoms with Crippen LogP contribution in [0.4, 0.5) is 0 Å². The average molecular weight is 443 g/mol. The molecule has 0 amide bonds. The van der Waals surface area contributed by atoms with Crippen molar-refractivity contribution in [3.63, 3.8) is 0 Å². The molecule has 0 unspecified atom stereocenters. The van der Waals surface area contributed by atoms with Crippen LogP contribution in [0.15, 0.2) is 58.5 Å². The molecule has 0 aliphatic heterocycles. The van der Waals surface area contributed by atoms with Gasteiger partial charge >= 0.3 is 0 Å². The zero-order valence-electron chi connectivity index (χ0n) is 18.2. The second-order valence-corrected chi connectivity index (χ2v) is 9.36. The quantitative estimate of drug-likeness (QED) is 0.269. The molecule has 3 N–H and O–H groups in total. The Morgan fingerprint density at radius 2 is 1.90 bits per heavy atom. The number of rotatable bonds is 9. The molecule has 0 spiro atoms. The van der Waals surface area contributed by atoms with E-state index in [4.69, 9.17) is 4.74 Å². The first-order valence-electron chi connectivity index (χ1n) is 10.4. The summed E-state index contributed by atoms with van der Waals surface area (Å²) in [5, 5.41) is 7.79. The van der Waals surface area contributed by atoms with E-state index in [-0.39, 0.29) is 4.90 Å². The molecule has 3 aromatic rings. The van der Waals surface area contributed by atoms with Gasteiger partial charge in [0.05, 0.1) is 11.4 Å². The molecule has 0 saturated carbocycles. The van der Waals surface area contributed by atoms with Crippen LogP contribution in [0.1, 0.15) is 18.1 Å². The fourth-order valence-electron chi connectivity index (χ4n) is 3.40. The molecule has 2 aromatic carbocycles. The normalized spacial score (nSPS) is 12.2. The number of benzene rings is 2. The van der Waals surface area contributed by atoms with E-state index in [0.717, 1.165) is 24.4 Å². The number of nitrogens with zero attached hydrogens (tertiary/aromatic N) is 1. The van der Waals surface area contributed by atoms with Crippen molar-refractivity contribution in [3.05, 3.63) is 59.8 Å². The highest BCUT2D eigenvalue weighted by Gasteiger charge is 2.07. The summed E-state index contributed by atoms with van der Waals surface area (Å²) in [6.45, 7) is 6.61. The standard InChI is InChI=1S/C23H30N4O3S/c1-4-24-23(25-13-12-18-16-27-21-7-5-6-17(2)22(18)21)26-14-15-30-19-8-10-20(11-9-19)31(3,28)29/h5-11,16,27H,4,12-15H2,1-3H3,(H2,24,25,26). The minimum atomic E-state index is -3.20. The number of sulfone groups is 1. The Morgan fingerprint density at radius 1 is 1.13 bits per heavy atom. The molecular weight excluding hydrogens is 412 g/mol. The van der Waals surface area contributed by atoms with Gasteiger partial charge in [-0.3, -0.25) is 4.99 Å². The van der Waals surface area contributed by atoms with Crippen LogP contribution in [0.3, 0.4) is 0 Å². The minimum Gasteiger partial charge on any atom is -0.492 e. The number of hydrogen-bond acceptors (Lipinski definition) is 4. The van der Waals surface area contributed by atoms with Gasteiger partial charge in [-0.2, -0.15) is 0 Å². The first-order valence-corrected chi connectivity index (χ1v) is 12.3. The van der Waals surface area contributed by atoms with Gasteiger partial charge in [0, 0.05) is 36.4 Å². The third kappa shape index (κ3) is 6.24. The van der Waals surface area contributed by atoms with E-state index in [1.54, 1.807) is 24.3 Å². The topological polar surface area (TPSA) is 95.6 Å². The summed E-state index contributed by atoms with van der Waals surface area (Å²) in [7, 11) is -3.20. The molecule has 7 nitrogen and oxygen atoms in total. The monoisotopic (exact) mass is 442 g/mol. The van der Waals surface area contributed by atoms with Crippen molar-refractivity contribution in [1.82, 2.24) is 15.6 Å². The maximum absolute atomic E-state index is 11.5. The molecule has 8 heteroatoms. The molecule has 166 valence electrons. The van der Waals surface area contributed by atoms with Crippen LogP contribution in [0.25, 0.3) is 10.9 Å². The zero-order chi connectivity index (χ0) is 22.3. The van der Waals surface area contributed by atoms with E-state index >= 15 is 0 Å². The zero-order valence-corrected chi connectivity index (χ0v) is 19.1. The Bertz CT molecular complexity index is 1140. The number of hydrogen-bond donors (Lipinski definition) is 3. The van der Waals surface area contributed by atoms with Gasteiger partial charge in [0.25, 0.3) is 0 Å². The lowest BCUT2D eigenvalue weighted by molar-refractivity contribution is 0.321. The Kier molecular flexibility index (Phi) is 7.57. The van der Waals surface area contributed by atoms with Crippen LogP contribution < -0.4 is 15.4 Å². The van der Waals surface area contributed by atoms with Crippen LogP contribution in [-0.2, 0) is 16.3 Å². The second-order valence-electron chi connectivity index (χ2n) is 7.34. The van der Waals surface area contributed by atoms with E-state index in [0.29, 0.717) is 25.4 Å². The third-order valence-electron chi connectivity index (χ3n) is 4.91. The fraction of sp³-hybridized carbons (Fsp3) is 0.348. The molecule has 31 heavy (non-hydrogen) atoms. The summed E-state index contributed by atoms with van der Waals surface area (Å²) >= 11 is 0. The number of aliphatic imine (C=N–C) groups is 1. The molecule has 0 atom stereocenters. The maximum atomic E-state index is 11.5. The van der Waals surface area contributed by atoms with Crippen molar-refractivity contribution in [2.45, 2.75) is 25.2 Å². The molecule has 0 aliphatic carbocycles. The molecule has 1 heterocycles. The molecular formula is C23H30N4O3S. The van der Waals surface area contributed by atoms with Crippen LogP contribution in [-0.4, -0.2) is 51.9 Å². The first-order chi connectivity index (χ1) is 14.9. The lowest BCUT2D eigenvalue weighted by Gasteiger charge is -2.12. The van der Waals surface area contributed by atoms with Gasteiger partial charge in [-0.25, -0.2) is 8.42 Å². The van der Waals surface area contributed by atoms with Crippen molar-refractivity contribution in [1.29, 1.82) is 0 Å². The van der Waals surface area contributed by atoms with Gasteiger partial charge in [-0.15, -0.1) is 0 Å². The van der Waals surface area contributed by atoms with Crippen molar-refractivity contribution < 1.29 is 13.2 Å². The fourth-order valence-corrected chi connectivity index (χ4v) is 4.03. The van der Waals surface area contributed by atoms with Gasteiger partial charge in [0.15, 0.2) is 15.8 Å². The number of nitrogens with one attached hydrogen (secondary N) is 3. The van der Waals surface area contributed by atoms with Gasteiger partial charge in [0.1, 0.15) is 12.4 Å². The summed E-state index contributed by atoms with van der Waals surface area (Å²) in [4.78, 5) is 8.28. The van der Waals surface area contributed by atoms with Crippen LogP contribution in [0, 0.1) is 6.92 Å². The van der Waals surface area contributed by atoms with E-state index in [1.807, 2.05) is 6.92 Å². The van der Waals surface area contributed by atoms with Gasteiger partial charge in [0.2, 0.25) is 0 Å². The Labute approximate surface area is 183 Å². The van der Waals surface area contributed by atoms with Crippen molar-refractivity contribution in [2.75, 3.05) is 32.5 Å². The summed E-state index contributed by atoms with van der Waals surface area (Å²) in [5.41, 5.74) is 3.70. The Hall–Kier alpha value is -3.00. The summed E-state index contributed by atoms with van der Waals surface area (Å²) < 4.78 is 28.7. The van der Waals surface area contributed by atoms with Crippen molar-refractivity contribution in [3.8, 4) is 5.75 Å². The highest BCUT2D eigenvalue weighted by molar-refractivity contribution is 7.90. The smallest absolute Gasteiger partial charge is 0.191 e. The minimum absolute atomic E-state index is 0.282. The molecule has 0 bridgehead atoms. The number of H-pyrrole nitrogens is 1. The lowest BCUT2D eigenvalue weighted by Crippen LogP contribution is -2.39. The van der Waals surface area contributed by atoms with E-state index < -0.39 is 9.84 Å². The first kappa shape index (κ1) is 22.7. The van der Waals surface area contributed by atoms with Crippen LogP contribution in [0.5, 0.6) is 5.75 Å². The van der Waals surface area contributed by atoms with Crippen molar-refractivity contribution in [2.24, 2.45) is 4.99 Å². The van der Waals surface area contributed by atoms with E-state index in [1.165, 1.54) is 22.8 Å². The molecule has 0 aliphatic rings. The Morgan fingerprint density at radius 3 is 2.61 bits per heavy atom. The number of aromatic nitrogens is 1. The molecule has 3 rings (SSSR count). The van der Waals surface area contributed by atoms with Gasteiger partial charge in [-0.1, -0.05) is 12.1 Å². The summed E-state index contributed by atoms with van der Waals surface area (Å²) in [5.74, 6) is 1.38. The SMILES string of the molecule is CCNC(=NCCc1c[nH]c2cccc(C)c12)NCCOc1ccc(S(C)(=O)=O)cc1. The maximum Gasteiger partial charge on any atom is 0.191 e. The number of guanidine groups is 1. The molecule has 0 saturated heterocycles. The largest absolute Gasteiger partial charge is 0.492 e. The molecule has 0 radical (unpaired) electrons. The third-order valence-corrected chi connectivity index (χ3v) is 6.03. The predicted octanol–water partition coefficient (Wildman–Crippen LogP) is 3.06. The highest BCUT2D eigenvalue weighted by atomic mass is 32.2. The average Bonchev–Trinajstić information content (AvgIpc) is 3.15. The molecule has 0 fully saturated rings. The van der Waals surface area contributed by atoms with Crippen molar-refractivity contribution >= 4 is 26.7 Å². The predicted molar refractivity (Wildman–Crippen MR) is 126 cm³/mol. The Balaban J connectivity index is 1.49. The highest BCUT2D eigenvalue weighted by Crippen LogP contribution is 2.22. The van der Waals surface area contributed by atoms with Crippen LogP contribution in [0.2, 0.25) is 0 Å².